The zero-order valence-corrected chi connectivity index (χ0v) is 28.6. The summed E-state index contributed by atoms with van der Waals surface area (Å²) >= 11 is 0. The van der Waals surface area contributed by atoms with Crippen LogP contribution in [0.2, 0.25) is 0 Å². The van der Waals surface area contributed by atoms with Gasteiger partial charge in [0.15, 0.2) is 0 Å². The predicted octanol–water partition coefficient (Wildman–Crippen LogP) is 5.76. The van der Waals surface area contributed by atoms with Crippen molar-refractivity contribution in [1.82, 2.24) is 10.6 Å². The van der Waals surface area contributed by atoms with Crippen LogP contribution in [0.1, 0.15) is 118 Å². The molecule has 0 aliphatic heterocycles. The summed E-state index contributed by atoms with van der Waals surface area (Å²) < 4.78 is 37.1. The van der Waals surface area contributed by atoms with Gasteiger partial charge in [0, 0.05) is 18.4 Å². The molecule has 5 N–H and O–H groups in total. The molecule has 0 heterocycles. The quantitative estimate of drug-likeness (QED) is 0.126. The molecule has 0 amide bonds. The number of hydrogen-bond donors (Lipinski definition) is 4. The van der Waals surface area contributed by atoms with Gasteiger partial charge >= 0.3 is 10.4 Å². The number of rotatable bonds is 16. The van der Waals surface area contributed by atoms with Crippen LogP contribution in [-0.4, -0.2) is 57.1 Å². The first kappa shape index (κ1) is 35.3. The van der Waals surface area contributed by atoms with E-state index in [1.54, 1.807) is 0 Å². The highest BCUT2D eigenvalue weighted by atomic mass is 32.3. The number of hydrogen-bond acceptors (Lipinski definition) is 7. The summed E-state index contributed by atoms with van der Waals surface area (Å²) in [7, 11) is -4.46. The van der Waals surface area contributed by atoms with E-state index >= 15 is 0 Å². The second kappa shape index (κ2) is 14.9. The lowest BCUT2D eigenvalue weighted by molar-refractivity contribution is -0.157. The van der Waals surface area contributed by atoms with Crippen LogP contribution in [0.5, 0.6) is 0 Å². The third-order valence-corrected chi connectivity index (χ3v) is 13.4. The van der Waals surface area contributed by atoms with Crippen LogP contribution in [0, 0.1) is 52.3 Å². The maximum Gasteiger partial charge on any atom is 0.397 e. The SMILES string of the molecule is CC(C)C(CCC(C)C1CCC2C3C(=O)CC4CC(NCCCNCCCCN)CCC4(C)C3CCC12C)OS(=O)(=O)O. The highest BCUT2D eigenvalue weighted by molar-refractivity contribution is 7.80. The van der Waals surface area contributed by atoms with E-state index in [0.29, 0.717) is 47.8 Å². The average Bonchev–Trinajstić information content (AvgIpc) is 3.29. The van der Waals surface area contributed by atoms with Crippen molar-refractivity contribution in [2.45, 2.75) is 130 Å². The standard InChI is InChI=1S/C34H63N3O5S/c1-23(2)31(42-43(39,40)41)12-9-24(3)27-10-11-28-32-29(14-16-34(27,28)5)33(4)15-13-26(21-25(33)22-30(32)38)37-20-8-19-36-18-7-6-17-35/h23-29,31-32,36-37H,6-22,35H2,1-5H3,(H,39,40,41). The molecule has 4 rings (SSSR count). The molecule has 0 saturated heterocycles. The second-order valence-electron chi connectivity index (χ2n) is 15.7. The van der Waals surface area contributed by atoms with Crippen molar-refractivity contribution >= 4 is 16.2 Å². The number of nitrogens with one attached hydrogen (secondary N) is 2. The van der Waals surface area contributed by atoms with E-state index < -0.39 is 16.5 Å². The monoisotopic (exact) mass is 625 g/mol. The van der Waals surface area contributed by atoms with Gasteiger partial charge in [-0.3, -0.25) is 9.35 Å². The van der Waals surface area contributed by atoms with Crippen LogP contribution >= 0.6 is 0 Å². The smallest absolute Gasteiger partial charge is 0.330 e. The number of carbonyl (C=O) groups is 1. The van der Waals surface area contributed by atoms with Crippen molar-refractivity contribution in [3.63, 3.8) is 0 Å². The Morgan fingerprint density at radius 3 is 2.35 bits per heavy atom. The minimum Gasteiger partial charge on any atom is -0.330 e. The Morgan fingerprint density at radius 1 is 0.953 bits per heavy atom. The molecule has 9 heteroatoms. The Labute approximate surface area is 262 Å². The van der Waals surface area contributed by atoms with Crippen molar-refractivity contribution in [2.75, 3.05) is 26.2 Å². The van der Waals surface area contributed by atoms with Gasteiger partial charge in [0.05, 0.1) is 6.10 Å². The zero-order valence-electron chi connectivity index (χ0n) is 27.8. The molecule has 0 bridgehead atoms. The molecule has 4 saturated carbocycles. The van der Waals surface area contributed by atoms with Gasteiger partial charge in [-0.25, -0.2) is 4.18 Å². The summed E-state index contributed by atoms with van der Waals surface area (Å²) in [6.07, 6.45) is 13.3. The first-order chi connectivity index (χ1) is 20.3. The van der Waals surface area contributed by atoms with Crippen molar-refractivity contribution in [3.05, 3.63) is 0 Å². The molecule has 43 heavy (non-hydrogen) atoms. The average molecular weight is 626 g/mol. The van der Waals surface area contributed by atoms with Crippen LogP contribution < -0.4 is 16.4 Å². The van der Waals surface area contributed by atoms with E-state index in [1.165, 1.54) is 19.3 Å². The van der Waals surface area contributed by atoms with Crippen molar-refractivity contribution < 1.29 is 21.9 Å². The highest BCUT2D eigenvalue weighted by Gasteiger charge is 2.63. The summed E-state index contributed by atoms with van der Waals surface area (Å²) in [6, 6.07) is 0.532. The minimum atomic E-state index is -4.46. The highest BCUT2D eigenvalue weighted by Crippen LogP contribution is 2.67. The molecule has 0 spiro atoms. The Balaban J connectivity index is 1.32. The van der Waals surface area contributed by atoms with Gasteiger partial charge in [-0.05, 0) is 150 Å². The number of fused-ring (bicyclic) bond motifs is 5. The van der Waals surface area contributed by atoms with Gasteiger partial charge in [-0.2, -0.15) is 8.42 Å². The molecule has 0 aromatic carbocycles. The summed E-state index contributed by atoms with van der Waals surface area (Å²) in [5, 5.41) is 7.36. The predicted molar refractivity (Wildman–Crippen MR) is 173 cm³/mol. The maximum absolute atomic E-state index is 14.0. The van der Waals surface area contributed by atoms with Gasteiger partial charge in [-0.1, -0.05) is 34.6 Å². The van der Waals surface area contributed by atoms with Gasteiger partial charge in [0.2, 0.25) is 0 Å². The van der Waals surface area contributed by atoms with Crippen molar-refractivity contribution in [2.24, 2.45) is 58.0 Å². The topological polar surface area (TPSA) is 131 Å². The zero-order chi connectivity index (χ0) is 31.4. The molecular weight excluding hydrogens is 562 g/mol. The van der Waals surface area contributed by atoms with Crippen molar-refractivity contribution in [3.8, 4) is 0 Å². The summed E-state index contributed by atoms with van der Waals surface area (Å²) in [5.74, 6) is 3.18. The minimum absolute atomic E-state index is 0.00361. The Kier molecular flexibility index (Phi) is 12.2. The molecule has 0 radical (unpaired) electrons. The number of unbranched alkanes of at least 4 members (excludes halogenated alkanes) is 1. The molecule has 10 atom stereocenters. The van der Waals surface area contributed by atoms with E-state index in [1.807, 2.05) is 13.8 Å². The summed E-state index contributed by atoms with van der Waals surface area (Å²) in [4.78, 5) is 14.0. The van der Waals surface area contributed by atoms with Crippen LogP contribution in [0.3, 0.4) is 0 Å². The van der Waals surface area contributed by atoms with E-state index in [4.69, 9.17) is 9.92 Å². The van der Waals surface area contributed by atoms with Crippen LogP contribution in [0.25, 0.3) is 0 Å². The fourth-order valence-corrected chi connectivity index (χ4v) is 11.0. The van der Waals surface area contributed by atoms with Crippen molar-refractivity contribution in [1.29, 1.82) is 0 Å². The molecule has 0 aromatic rings. The summed E-state index contributed by atoms with van der Waals surface area (Å²) in [6.45, 7) is 15.1. The maximum atomic E-state index is 14.0. The summed E-state index contributed by atoms with van der Waals surface area (Å²) in [5.41, 5.74) is 6.00. The number of carbonyl (C=O) groups excluding carboxylic acids is 1. The third-order valence-electron chi connectivity index (χ3n) is 12.9. The first-order valence-electron chi connectivity index (χ1n) is 17.6. The van der Waals surface area contributed by atoms with E-state index in [0.717, 1.165) is 84.0 Å². The lowest BCUT2D eigenvalue weighted by atomic mass is 9.44. The van der Waals surface area contributed by atoms with E-state index in [9.17, 15) is 17.8 Å². The second-order valence-corrected chi connectivity index (χ2v) is 16.8. The van der Waals surface area contributed by atoms with Crippen LogP contribution in [0.15, 0.2) is 0 Å². The molecule has 8 nitrogen and oxygen atoms in total. The molecule has 10 unspecified atom stereocenters. The van der Waals surface area contributed by atoms with Gasteiger partial charge < -0.3 is 16.4 Å². The number of ketones is 1. The Bertz CT molecular complexity index is 1020. The molecule has 4 aliphatic carbocycles. The fraction of sp³-hybridized carbons (Fsp3) is 0.971. The largest absolute Gasteiger partial charge is 0.397 e. The van der Waals surface area contributed by atoms with Crippen LogP contribution in [0.4, 0.5) is 0 Å². The molecule has 4 fully saturated rings. The molecule has 4 aliphatic rings. The number of Topliss-reactive ketones (excluding diaryl/α,β-unsaturated/α-hetero) is 1. The third kappa shape index (κ3) is 8.23. The van der Waals surface area contributed by atoms with Gasteiger partial charge in [0.1, 0.15) is 5.78 Å². The first-order valence-corrected chi connectivity index (χ1v) is 19.0. The number of nitrogens with two attached hydrogens (primary N) is 1. The fourth-order valence-electron chi connectivity index (χ4n) is 10.4. The molecule has 0 aromatic heterocycles. The lowest BCUT2D eigenvalue weighted by Crippen LogP contribution is -2.58. The lowest BCUT2D eigenvalue weighted by Gasteiger charge is -2.60. The molecular formula is C34H63N3O5S. The molecule has 250 valence electrons. The van der Waals surface area contributed by atoms with E-state index in [2.05, 4.69) is 31.4 Å². The Morgan fingerprint density at radius 2 is 1.65 bits per heavy atom. The van der Waals surface area contributed by atoms with E-state index in [-0.39, 0.29) is 22.7 Å². The van der Waals surface area contributed by atoms with Gasteiger partial charge in [-0.15, -0.1) is 0 Å². The van der Waals surface area contributed by atoms with Gasteiger partial charge in [0.25, 0.3) is 0 Å². The normalized spacial score (nSPS) is 37.5. The Hall–Kier alpha value is -0.580. The van der Waals surface area contributed by atoms with Crippen LogP contribution in [-0.2, 0) is 19.4 Å².